The second kappa shape index (κ2) is 5.89. The second-order valence-electron chi connectivity index (χ2n) is 6.28. The Balaban J connectivity index is 2.17. The van der Waals surface area contributed by atoms with Crippen LogP contribution in [0.3, 0.4) is 0 Å². The van der Waals surface area contributed by atoms with Crippen LogP contribution >= 0.6 is 0 Å². The molecule has 5 nitrogen and oxygen atoms in total. The monoisotopic (exact) mass is 290 g/mol. The largest absolute Gasteiger partial charge is 0.487 e. The summed E-state index contributed by atoms with van der Waals surface area (Å²) in [4.78, 5) is 4.09. The van der Waals surface area contributed by atoms with E-state index in [9.17, 15) is 5.11 Å². The molecule has 0 saturated carbocycles. The number of rotatable bonds is 4. The summed E-state index contributed by atoms with van der Waals surface area (Å²) < 4.78 is 11.8. The maximum Gasteiger partial charge on any atom is 0.487 e. The van der Waals surface area contributed by atoms with Gasteiger partial charge in [0, 0.05) is 12.4 Å². The first kappa shape index (κ1) is 16.2. The van der Waals surface area contributed by atoms with Gasteiger partial charge in [-0.1, -0.05) is 12.1 Å². The Morgan fingerprint density at radius 1 is 1.33 bits per heavy atom. The molecule has 114 valence electrons. The molecule has 0 bridgehead atoms. The van der Waals surface area contributed by atoms with Crippen LogP contribution in [-0.2, 0) is 9.31 Å². The SMILES string of the molecule is CC1(C)OB(/C=C/c2cnccc2[C@H](N)CO)OC1(C)C. The molecule has 2 rings (SSSR count). The van der Waals surface area contributed by atoms with Gasteiger partial charge in [0.1, 0.15) is 0 Å². The third kappa shape index (κ3) is 3.35. The second-order valence-corrected chi connectivity index (χ2v) is 6.28. The smallest absolute Gasteiger partial charge is 0.400 e. The van der Waals surface area contributed by atoms with Gasteiger partial charge in [-0.25, -0.2) is 0 Å². The molecule has 0 spiro atoms. The zero-order valence-electron chi connectivity index (χ0n) is 13.0. The summed E-state index contributed by atoms with van der Waals surface area (Å²) in [7, 11) is -0.409. The molecule has 1 fully saturated rings. The number of aliphatic hydroxyl groups is 1. The fourth-order valence-electron chi connectivity index (χ4n) is 2.14. The van der Waals surface area contributed by atoms with Crippen LogP contribution < -0.4 is 5.73 Å². The standard InChI is InChI=1S/C15H23BN2O3/c1-14(2)15(3,4)21-16(20-14)7-5-11-9-18-8-6-12(11)13(17)10-19/h5-9,13,19H,10,17H2,1-4H3/b7-5+/t13-/m1/s1. The zero-order valence-corrected chi connectivity index (χ0v) is 13.0. The molecule has 0 amide bonds. The molecule has 0 aliphatic carbocycles. The van der Waals surface area contributed by atoms with Gasteiger partial charge in [-0.3, -0.25) is 4.98 Å². The van der Waals surface area contributed by atoms with Gasteiger partial charge < -0.3 is 20.1 Å². The lowest BCUT2D eigenvalue weighted by molar-refractivity contribution is 0.00578. The number of pyridine rings is 1. The molecule has 1 aliphatic heterocycles. The van der Waals surface area contributed by atoms with E-state index in [1.54, 1.807) is 12.4 Å². The molecule has 0 radical (unpaired) electrons. The van der Waals surface area contributed by atoms with Crippen LogP contribution in [0.15, 0.2) is 24.4 Å². The quantitative estimate of drug-likeness (QED) is 0.826. The summed E-state index contributed by atoms with van der Waals surface area (Å²) in [5.41, 5.74) is 6.87. The van der Waals surface area contributed by atoms with Crippen molar-refractivity contribution < 1.29 is 14.4 Å². The first-order valence-electron chi connectivity index (χ1n) is 7.11. The highest BCUT2D eigenvalue weighted by Gasteiger charge is 2.50. The van der Waals surface area contributed by atoms with Crippen molar-refractivity contribution in [1.29, 1.82) is 0 Å². The average Bonchev–Trinajstić information content (AvgIpc) is 2.64. The van der Waals surface area contributed by atoms with Crippen molar-refractivity contribution >= 4 is 13.2 Å². The van der Waals surface area contributed by atoms with Crippen LogP contribution in [-0.4, -0.2) is 35.0 Å². The molecule has 1 aliphatic rings. The summed E-state index contributed by atoms with van der Waals surface area (Å²) in [5, 5.41) is 9.21. The van der Waals surface area contributed by atoms with Crippen LogP contribution in [0.1, 0.15) is 44.9 Å². The molecule has 1 atom stereocenters. The van der Waals surface area contributed by atoms with E-state index in [0.29, 0.717) is 0 Å². The highest BCUT2D eigenvalue weighted by Crippen LogP contribution is 2.37. The molecule has 2 heterocycles. The maximum atomic E-state index is 9.21. The number of aliphatic hydroxyl groups excluding tert-OH is 1. The van der Waals surface area contributed by atoms with E-state index in [4.69, 9.17) is 15.0 Å². The van der Waals surface area contributed by atoms with Crippen molar-refractivity contribution in [2.75, 3.05) is 6.61 Å². The Hall–Kier alpha value is -1.21. The van der Waals surface area contributed by atoms with Crippen LogP contribution in [0.4, 0.5) is 0 Å². The van der Waals surface area contributed by atoms with Gasteiger partial charge in [-0.05, 0) is 44.9 Å². The summed E-state index contributed by atoms with van der Waals surface area (Å²) in [6.07, 6.45) is 5.25. The first-order chi connectivity index (χ1) is 9.77. The molecule has 1 aromatic heterocycles. The van der Waals surface area contributed by atoms with Crippen molar-refractivity contribution in [3.63, 3.8) is 0 Å². The molecule has 0 aromatic carbocycles. The number of nitrogens with two attached hydrogens (primary N) is 1. The lowest BCUT2D eigenvalue weighted by atomic mass is 9.88. The van der Waals surface area contributed by atoms with E-state index in [1.165, 1.54) is 0 Å². The summed E-state index contributed by atoms with van der Waals surface area (Å²) in [5.74, 6) is 1.85. The van der Waals surface area contributed by atoms with Gasteiger partial charge in [0.15, 0.2) is 0 Å². The lowest BCUT2D eigenvalue weighted by Gasteiger charge is -2.32. The molecule has 0 unspecified atom stereocenters. The number of hydrogen-bond acceptors (Lipinski definition) is 5. The van der Waals surface area contributed by atoms with Crippen LogP contribution in [0.2, 0.25) is 0 Å². The topological polar surface area (TPSA) is 77.6 Å². The summed E-state index contributed by atoms with van der Waals surface area (Å²) >= 11 is 0. The Morgan fingerprint density at radius 2 is 1.95 bits per heavy atom. The molecular weight excluding hydrogens is 267 g/mol. The van der Waals surface area contributed by atoms with E-state index >= 15 is 0 Å². The molecule has 1 saturated heterocycles. The summed E-state index contributed by atoms with van der Waals surface area (Å²) in [6, 6.07) is 1.39. The third-order valence-corrected chi connectivity index (χ3v) is 4.19. The Labute approximate surface area is 126 Å². The minimum absolute atomic E-state index is 0.110. The van der Waals surface area contributed by atoms with E-state index in [0.717, 1.165) is 11.1 Å². The Bertz CT molecular complexity index is 515. The normalized spacial score (nSPS) is 21.9. The predicted molar refractivity (Wildman–Crippen MR) is 83.4 cm³/mol. The van der Waals surface area contributed by atoms with Gasteiger partial charge in [0.05, 0.1) is 23.9 Å². The average molecular weight is 290 g/mol. The maximum absolute atomic E-state index is 9.21. The van der Waals surface area contributed by atoms with Crippen molar-refractivity contribution in [1.82, 2.24) is 4.98 Å². The van der Waals surface area contributed by atoms with Gasteiger partial charge in [0.25, 0.3) is 0 Å². The van der Waals surface area contributed by atoms with Gasteiger partial charge in [-0.2, -0.15) is 0 Å². The van der Waals surface area contributed by atoms with Crippen LogP contribution in [0, 0.1) is 0 Å². The first-order valence-corrected chi connectivity index (χ1v) is 7.11. The zero-order chi connectivity index (χ0) is 15.7. The molecule has 1 aromatic rings. The Morgan fingerprint density at radius 3 is 2.52 bits per heavy atom. The third-order valence-electron chi connectivity index (χ3n) is 4.19. The highest BCUT2D eigenvalue weighted by molar-refractivity contribution is 6.52. The fourth-order valence-corrected chi connectivity index (χ4v) is 2.14. The number of hydrogen-bond donors (Lipinski definition) is 2. The molecular formula is C15H23BN2O3. The van der Waals surface area contributed by atoms with E-state index in [1.807, 2.05) is 45.8 Å². The fraction of sp³-hybridized carbons (Fsp3) is 0.533. The Kier molecular flexibility index (Phi) is 4.53. The summed E-state index contributed by atoms with van der Waals surface area (Å²) in [6.45, 7) is 7.94. The number of aromatic nitrogens is 1. The molecule has 6 heteroatoms. The van der Waals surface area contributed by atoms with Crippen molar-refractivity contribution in [3.05, 3.63) is 35.6 Å². The van der Waals surface area contributed by atoms with Gasteiger partial charge >= 0.3 is 7.12 Å². The molecule has 3 N–H and O–H groups in total. The minimum atomic E-state index is -0.425. The van der Waals surface area contributed by atoms with Gasteiger partial charge in [0.2, 0.25) is 0 Å². The van der Waals surface area contributed by atoms with Crippen molar-refractivity contribution in [3.8, 4) is 0 Å². The number of nitrogens with zero attached hydrogens (tertiary/aromatic N) is 1. The predicted octanol–water partition coefficient (Wildman–Crippen LogP) is 1.72. The van der Waals surface area contributed by atoms with E-state index < -0.39 is 13.2 Å². The van der Waals surface area contributed by atoms with Crippen molar-refractivity contribution in [2.45, 2.75) is 44.9 Å². The van der Waals surface area contributed by atoms with Crippen LogP contribution in [0.5, 0.6) is 0 Å². The van der Waals surface area contributed by atoms with Gasteiger partial charge in [-0.15, -0.1) is 0 Å². The highest BCUT2D eigenvalue weighted by atomic mass is 16.7. The minimum Gasteiger partial charge on any atom is -0.400 e. The van der Waals surface area contributed by atoms with E-state index in [-0.39, 0.29) is 17.8 Å². The van der Waals surface area contributed by atoms with E-state index in [2.05, 4.69) is 4.98 Å². The molecule has 21 heavy (non-hydrogen) atoms. The van der Waals surface area contributed by atoms with Crippen molar-refractivity contribution in [2.24, 2.45) is 5.73 Å². The van der Waals surface area contributed by atoms with Crippen LogP contribution in [0.25, 0.3) is 6.08 Å². The lowest BCUT2D eigenvalue weighted by Crippen LogP contribution is -2.41.